The highest BCUT2D eigenvalue weighted by Gasteiger charge is 2.43. The molecule has 0 saturated heterocycles. The molecular weight excluding hydrogens is 334 g/mol. The summed E-state index contributed by atoms with van der Waals surface area (Å²) in [4.78, 5) is 12.6. The Morgan fingerprint density at radius 3 is 2.44 bits per heavy atom. The van der Waals surface area contributed by atoms with E-state index in [4.69, 9.17) is 4.74 Å². The van der Waals surface area contributed by atoms with Crippen LogP contribution in [0.5, 0.6) is 0 Å². The van der Waals surface area contributed by atoms with Crippen LogP contribution in [0.15, 0.2) is 34.2 Å². The van der Waals surface area contributed by atoms with Gasteiger partial charge in [0.15, 0.2) is 0 Å². The number of carbonyl (C=O) groups is 1. The number of hydrogen-bond donors (Lipinski definition) is 1. The molecule has 1 aliphatic carbocycles. The number of ether oxygens (including phenoxy) is 1. The minimum Gasteiger partial charge on any atom is -0.466 e. The minimum absolute atomic E-state index is 0.115. The van der Waals surface area contributed by atoms with Gasteiger partial charge in [0.2, 0.25) is 0 Å². The Kier molecular flexibility index (Phi) is 8.84. The fourth-order valence-corrected chi connectivity index (χ4v) is 4.37. The van der Waals surface area contributed by atoms with Crippen LogP contribution in [0.2, 0.25) is 0 Å². The lowest BCUT2D eigenvalue weighted by atomic mass is 9.60. The maximum absolute atomic E-state index is 12.6. The molecule has 0 spiro atoms. The standard InChI is InChI=1S/C24H41NO2/c1-10-12-17(5)22(16(3)4)25-21-14-19(7)24(8,18(6)13-11-2)15-20(21)23(26)27-9/h12,18-19,25H,10-11,13-15H2,1-9H3/b17-12-/t18?,19-,24?/m0/s1. The zero-order valence-corrected chi connectivity index (χ0v) is 19.1. The van der Waals surface area contributed by atoms with Gasteiger partial charge in [-0.15, -0.1) is 0 Å². The summed E-state index contributed by atoms with van der Waals surface area (Å²) < 4.78 is 5.17. The molecule has 0 saturated carbocycles. The number of carbonyl (C=O) groups excluding carboxylic acids is 1. The average molecular weight is 376 g/mol. The second-order valence-electron chi connectivity index (χ2n) is 8.72. The Hall–Kier alpha value is -1.51. The molecule has 0 aliphatic heterocycles. The van der Waals surface area contributed by atoms with E-state index < -0.39 is 0 Å². The maximum atomic E-state index is 12.6. The first-order chi connectivity index (χ1) is 12.6. The van der Waals surface area contributed by atoms with Gasteiger partial charge in [-0.2, -0.15) is 0 Å². The van der Waals surface area contributed by atoms with E-state index in [0.29, 0.717) is 11.8 Å². The highest BCUT2D eigenvalue weighted by Crippen LogP contribution is 2.49. The molecule has 3 heteroatoms. The summed E-state index contributed by atoms with van der Waals surface area (Å²) >= 11 is 0. The Morgan fingerprint density at radius 2 is 1.96 bits per heavy atom. The molecule has 0 aromatic carbocycles. The lowest BCUT2D eigenvalue weighted by molar-refractivity contribution is -0.137. The summed E-state index contributed by atoms with van der Waals surface area (Å²) in [6.07, 6.45) is 7.25. The van der Waals surface area contributed by atoms with Crippen LogP contribution in [0, 0.1) is 17.3 Å². The predicted molar refractivity (Wildman–Crippen MR) is 115 cm³/mol. The molecular formula is C24H41NO2. The second kappa shape index (κ2) is 10.1. The highest BCUT2D eigenvalue weighted by atomic mass is 16.5. The summed E-state index contributed by atoms with van der Waals surface area (Å²) in [5.74, 6) is 0.886. The van der Waals surface area contributed by atoms with Crippen LogP contribution in [-0.4, -0.2) is 13.1 Å². The number of methoxy groups -OCH3 is 1. The van der Waals surface area contributed by atoms with Crippen LogP contribution in [0.1, 0.15) is 87.5 Å². The van der Waals surface area contributed by atoms with Gasteiger partial charge < -0.3 is 10.1 Å². The van der Waals surface area contributed by atoms with Gasteiger partial charge in [-0.1, -0.05) is 59.1 Å². The van der Waals surface area contributed by atoms with Crippen molar-refractivity contribution in [2.45, 2.75) is 87.5 Å². The van der Waals surface area contributed by atoms with Crippen molar-refractivity contribution in [1.82, 2.24) is 5.32 Å². The molecule has 27 heavy (non-hydrogen) atoms. The van der Waals surface area contributed by atoms with Gasteiger partial charge in [0, 0.05) is 11.4 Å². The topological polar surface area (TPSA) is 38.3 Å². The summed E-state index contributed by atoms with van der Waals surface area (Å²) in [5, 5.41) is 3.63. The zero-order chi connectivity index (χ0) is 20.8. The van der Waals surface area contributed by atoms with Crippen molar-refractivity contribution in [2.24, 2.45) is 17.3 Å². The molecule has 1 N–H and O–H groups in total. The highest BCUT2D eigenvalue weighted by molar-refractivity contribution is 5.89. The third kappa shape index (κ3) is 5.49. The Balaban J connectivity index is 3.36. The fraction of sp³-hybridized carbons (Fsp3) is 0.708. The van der Waals surface area contributed by atoms with Gasteiger partial charge in [0.25, 0.3) is 0 Å². The average Bonchev–Trinajstić information content (AvgIpc) is 2.61. The fourth-order valence-electron chi connectivity index (χ4n) is 4.37. The van der Waals surface area contributed by atoms with Gasteiger partial charge in [-0.3, -0.25) is 0 Å². The van der Waals surface area contributed by atoms with E-state index in [1.807, 2.05) is 0 Å². The number of esters is 1. The van der Waals surface area contributed by atoms with Gasteiger partial charge in [0.05, 0.1) is 12.7 Å². The smallest absolute Gasteiger partial charge is 0.335 e. The number of rotatable bonds is 8. The Labute approximate surface area is 167 Å². The third-order valence-corrected chi connectivity index (χ3v) is 6.52. The molecule has 1 aliphatic rings. The van der Waals surface area contributed by atoms with Crippen molar-refractivity contribution < 1.29 is 9.53 Å². The maximum Gasteiger partial charge on any atom is 0.335 e. The molecule has 0 bridgehead atoms. The van der Waals surface area contributed by atoms with Crippen molar-refractivity contribution in [3.05, 3.63) is 34.2 Å². The first-order valence-corrected chi connectivity index (χ1v) is 10.5. The van der Waals surface area contributed by atoms with E-state index in [0.717, 1.165) is 36.2 Å². The van der Waals surface area contributed by atoms with E-state index in [9.17, 15) is 4.79 Å². The lowest BCUT2D eigenvalue weighted by Crippen LogP contribution is -2.40. The van der Waals surface area contributed by atoms with Crippen LogP contribution >= 0.6 is 0 Å². The second-order valence-corrected chi connectivity index (χ2v) is 8.72. The van der Waals surface area contributed by atoms with Crippen molar-refractivity contribution in [3.8, 4) is 0 Å². The molecule has 0 fully saturated rings. The summed E-state index contributed by atoms with van der Waals surface area (Å²) in [6, 6.07) is 0. The normalized spacial score (nSPS) is 24.5. The molecule has 0 aromatic rings. The van der Waals surface area contributed by atoms with E-state index in [1.165, 1.54) is 31.1 Å². The van der Waals surface area contributed by atoms with Gasteiger partial charge in [0.1, 0.15) is 0 Å². The number of allylic oxidation sites excluding steroid dienone is 4. The Morgan fingerprint density at radius 1 is 1.33 bits per heavy atom. The number of hydrogen-bond acceptors (Lipinski definition) is 3. The molecule has 0 amide bonds. The predicted octanol–water partition coefficient (Wildman–Crippen LogP) is 6.53. The van der Waals surface area contributed by atoms with Gasteiger partial charge in [-0.05, 0) is 62.9 Å². The van der Waals surface area contributed by atoms with Gasteiger partial charge >= 0.3 is 5.97 Å². The largest absolute Gasteiger partial charge is 0.466 e. The Bertz CT molecular complexity index is 622. The summed E-state index contributed by atoms with van der Waals surface area (Å²) in [7, 11) is 1.49. The van der Waals surface area contributed by atoms with Crippen LogP contribution < -0.4 is 5.32 Å². The van der Waals surface area contributed by atoms with Crippen molar-refractivity contribution >= 4 is 5.97 Å². The van der Waals surface area contributed by atoms with Gasteiger partial charge in [-0.25, -0.2) is 4.79 Å². The number of nitrogens with one attached hydrogen (secondary N) is 1. The third-order valence-electron chi connectivity index (χ3n) is 6.52. The molecule has 3 nitrogen and oxygen atoms in total. The van der Waals surface area contributed by atoms with E-state index in [1.54, 1.807) is 0 Å². The van der Waals surface area contributed by atoms with Crippen molar-refractivity contribution in [3.63, 3.8) is 0 Å². The van der Waals surface area contributed by atoms with Crippen LogP contribution in [0.25, 0.3) is 0 Å². The minimum atomic E-state index is -0.190. The summed E-state index contributed by atoms with van der Waals surface area (Å²) in [5.41, 5.74) is 5.57. The molecule has 1 rings (SSSR count). The van der Waals surface area contributed by atoms with Crippen LogP contribution in [0.3, 0.4) is 0 Å². The van der Waals surface area contributed by atoms with E-state index in [2.05, 4.69) is 66.8 Å². The van der Waals surface area contributed by atoms with E-state index >= 15 is 0 Å². The molecule has 0 heterocycles. The molecule has 3 atom stereocenters. The molecule has 0 aromatic heterocycles. The van der Waals surface area contributed by atoms with Crippen molar-refractivity contribution in [1.29, 1.82) is 0 Å². The van der Waals surface area contributed by atoms with Crippen molar-refractivity contribution in [2.75, 3.05) is 7.11 Å². The first kappa shape index (κ1) is 23.5. The lowest BCUT2D eigenvalue weighted by Gasteiger charge is -2.45. The first-order valence-electron chi connectivity index (χ1n) is 10.5. The van der Waals surface area contributed by atoms with Crippen LogP contribution in [0.4, 0.5) is 0 Å². The monoisotopic (exact) mass is 375 g/mol. The van der Waals surface area contributed by atoms with E-state index in [-0.39, 0.29) is 11.4 Å². The zero-order valence-electron chi connectivity index (χ0n) is 19.1. The molecule has 154 valence electrons. The SMILES string of the molecule is CC/C=C(/C)C(NC1=C(C(=O)OC)CC(C)(C(C)CCC)[C@@H](C)C1)=C(C)C. The molecule has 0 radical (unpaired) electrons. The quantitative estimate of drug-likeness (QED) is 0.387. The molecule has 2 unspecified atom stereocenters. The van der Waals surface area contributed by atoms with Crippen LogP contribution in [-0.2, 0) is 9.53 Å². The summed E-state index contributed by atoms with van der Waals surface area (Å²) in [6.45, 7) is 17.8.